The van der Waals surface area contributed by atoms with Crippen molar-refractivity contribution in [2.45, 2.75) is 13.1 Å². The molecular formula is C14H16N2O2S. The highest BCUT2D eigenvalue weighted by Crippen LogP contribution is 2.12. The molecule has 2 aromatic rings. The van der Waals surface area contributed by atoms with Gasteiger partial charge in [-0.3, -0.25) is 4.79 Å². The first-order chi connectivity index (χ1) is 9.28. The summed E-state index contributed by atoms with van der Waals surface area (Å²) in [6, 6.07) is 7.91. The van der Waals surface area contributed by atoms with Crippen molar-refractivity contribution in [3.63, 3.8) is 0 Å². The van der Waals surface area contributed by atoms with E-state index in [1.54, 1.807) is 6.08 Å². The summed E-state index contributed by atoms with van der Waals surface area (Å²) in [6.45, 7) is 5.53. The van der Waals surface area contributed by atoms with Gasteiger partial charge in [0, 0.05) is 24.2 Å². The summed E-state index contributed by atoms with van der Waals surface area (Å²) in [5.41, 5.74) is 2.09. The number of benzene rings is 1. The Morgan fingerprint density at radius 1 is 1.32 bits per heavy atom. The molecule has 5 heteroatoms. The van der Waals surface area contributed by atoms with Crippen LogP contribution in [0.25, 0.3) is 0 Å². The first-order valence-corrected chi connectivity index (χ1v) is 6.86. The fourth-order valence-electron chi connectivity index (χ4n) is 1.60. The predicted molar refractivity (Wildman–Crippen MR) is 77.6 cm³/mol. The summed E-state index contributed by atoms with van der Waals surface area (Å²) in [7, 11) is 0. The first kappa shape index (κ1) is 13.6. The smallest absolute Gasteiger partial charge is 0.304 e. The summed E-state index contributed by atoms with van der Waals surface area (Å²) in [5.74, 6) is 0.839. The van der Waals surface area contributed by atoms with Gasteiger partial charge < -0.3 is 15.0 Å². The van der Waals surface area contributed by atoms with E-state index in [1.165, 1.54) is 16.9 Å². The fraction of sp³-hybridized carbons (Fsp3) is 0.214. The lowest BCUT2D eigenvalue weighted by Crippen LogP contribution is -2.13. The molecule has 0 atom stereocenters. The molecule has 0 saturated heterocycles. The third-order valence-corrected chi connectivity index (χ3v) is 3.23. The fourth-order valence-corrected chi connectivity index (χ4v) is 2.18. The molecule has 0 spiro atoms. The molecule has 0 saturated carbocycles. The molecule has 0 fully saturated rings. The van der Waals surface area contributed by atoms with Crippen LogP contribution in [0, 0.1) is 0 Å². The van der Waals surface area contributed by atoms with Crippen molar-refractivity contribution in [1.29, 1.82) is 0 Å². The molecular weight excluding hydrogens is 260 g/mol. The van der Waals surface area contributed by atoms with Crippen molar-refractivity contribution in [2.75, 3.05) is 6.61 Å². The van der Waals surface area contributed by atoms with Gasteiger partial charge in [0.05, 0.1) is 0 Å². The number of thiazole rings is 1. The number of aromatic amines is 1. The lowest BCUT2D eigenvalue weighted by molar-refractivity contribution is 0.363. The summed E-state index contributed by atoms with van der Waals surface area (Å²) in [4.78, 5) is 13.7. The van der Waals surface area contributed by atoms with Crippen LogP contribution in [0.4, 0.5) is 0 Å². The van der Waals surface area contributed by atoms with Crippen molar-refractivity contribution < 1.29 is 4.74 Å². The molecule has 0 radical (unpaired) electrons. The van der Waals surface area contributed by atoms with Crippen LogP contribution in [-0.4, -0.2) is 11.6 Å². The molecule has 19 heavy (non-hydrogen) atoms. The Bertz CT molecular complexity index is 572. The number of aromatic nitrogens is 1. The Labute approximate surface area is 115 Å². The van der Waals surface area contributed by atoms with Gasteiger partial charge >= 0.3 is 4.87 Å². The molecule has 0 unspecified atom stereocenters. The minimum atomic E-state index is -0.0134. The van der Waals surface area contributed by atoms with E-state index in [2.05, 4.69) is 16.9 Å². The molecule has 1 aromatic carbocycles. The molecule has 0 bridgehead atoms. The maximum absolute atomic E-state index is 11.0. The molecule has 1 heterocycles. The second-order valence-electron chi connectivity index (χ2n) is 4.02. The SMILES string of the molecule is C=CCOc1ccc(CNCc2csc(=O)[nH]2)cc1. The van der Waals surface area contributed by atoms with E-state index in [4.69, 9.17) is 4.74 Å². The van der Waals surface area contributed by atoms with Crippen molar-refractivity contribution in [2.24, 2.45) is 0 Å². The second-order valence-corrected chi connectivity index (χ2v) is 4.86. The van der Waals surface area contributed by atoms with Crippen LogP contribution >= 0.6 is 11.3 Å². The maximum atomic E-state index is 11.0. The van der Waals surface area contributed by atoms with Gasteiger partial charge in [-0.2, -0.15) is 0 Å². The zero-order valence-corrected chi connectivity index (χ0v) is 11.3. The standard InChI is InChI=1S/C14H16N2O2S/c1-2-7-18-13-5-3-11(4-6-13)8-15-9-12-10-19-14(17)16-12/h2-6,10,15H,1,7-9H2,(H,16,17). The number of H-pyrrole nitrogens is 1. The molecule has 0 aliphatic carbocycles. The van der Waals surface area contributed by atoms with Gasteiger partial charge in [0.1, 0.15) is 12.4 Å². The zero-order valence-electron chi connectivity index (χ0n) is 10.5. The quantitative estimate of drug-likeness (QED) is 0.763. The van der Waals surface area contributed by atoms with Crippen LogP contribution in [0.2, 0.25) is 0 Å². The lowest BCUT2D eigenvalue weighted by Gasteiger charge is -2.06. The van der Waals surface area contributed by atoms with E-state index < -0.39 is 0 Å². The summed E-state index contributed by atoms with van der Waals surface area (Å²) in [6.07, 6.45) is 1.72. The molecule has 2 rings (SSSR count). The number of ether oxygens (including phenoxy) is 1. The summed E-state index contributed by atoms with van der Waals surface area (Å²) < 4.78 is 5.41. The number of hydrogen-bond acceptors (Lipinski definition) is 4. The zero-order chi connectivity index (χ0) is 13.5. The van der Waals surface area contributed by atoms with Crippen LogP contribution in [-0.2, 0) is 13.1 Å². The minimum absolute atomic E-state index is 0.0134. The Morgan fingerprint density at radius 3 is 2.74 bits per heavy atom. The van der Waals surface area contributed by atoms with Crippen LogP contribution in [0.1, 0.15) is 11.3 Å². The van der Waals surface area contributed by atoms with Gasteiger partial charge in [0.15, 0.2) is 0 Å². The Kier molecular flexibility index (Phi) is 4.94. The molecule has 0 aliphatic rings. The third-order valence-electron chi connectivity index (χ3n) is 2.51. The van der Waals surface area contributed by atoms with Gasteiger partial charge in [-0.15, -0.1) is 0 Å². The van der Waals surface area contributed by atoms with E-state index in [0.717, 1.165) is 18.0 Å². The van der Waals surface area contributed by atoms with Crippen molar-refractivity contribution in [3.05, 3.63) is 63.2 Å². The van der Waals surface area contributed by atoms with E-state index in [-0.39, 0.29) is 4.87 Å². The normalized spacial score (nSPS) is 10.3. The number of rotatable bonds is 7. The summed E-state index contributed by atoms with van der Waals surface area (Å²) >= 11 is 1.18. The first-order valence-electron chi connectivity index (χ1n) is 5.98. The van der Waals surface area contributed by atoms with Gasteiger partial charge in [-0.1, -0.05) is 36.1 Å². The molecule has 0 aliphatic heterocycles. The molecule has 100 valence electrons. The maximum Gasteiger partial charge on any atom is 0.304 e. The largest absolute Gasteiger partial charge is 0.490 e. The molecule has 4 nitrogen and oxygen atoms in total. The van der Waals surface area contributed by atoms with E-state index in [9.17, 15) is 4.79 Å². The van der Waals surface area contributed by atoms with Crippen LogP contribution in [0.5, 0.6) is 5.75 Å². The predicted octanol–water partition coefficient (Wildman–Crippen LogP) is 2.29. The van der Waals surface area contributed by atoms with Crippen LogP contribution in [0.3, 0.4) is 0 Å². The molecule has 0 amide bonds. The minimum Gasteiger partial charge on any atom is -0.490 e. The third kappa shape index (κ3) is 4.39. The number of hydrogen-bond donors (Lipinski definition) is 2. The number of nitrogens with one attached hydrogen (secondary N) is 2. The summed E-state index contributed by atoms with van der Waals surface area (Å²) in [5, 5.41) is 5.11. The highest BCUT2D eigenvalue weighted by Gasteiger charge is 1.98. The lowest BCUT2D eigenvalue weighted by atomic mass is 10.2. The van der Waals surface area contributed by atoms with E-state index in [0.29, 0.717) is 13.2 Å². The highest BCUT2D eigenvalue weighted by molar-refractivity contribution is 7.07. The van der Waals surface area contributed by atoms with Gasteiger partial charge in [-0.25, -0.2) is 0 Å². The molecule has 2 N–H and O–H groups in total. The Morgan fingerprint density at radius 2 is 2.11 bits per heavy atom. The van der Waals surface area contributed by atoms with E-state index >= 15 is 0 Å². The van der Waals surface area contributed by atoms with Crippen LogP contribution in [0.15, 0.2) is 47.1 Å². The van der Waals surface area contributed by atoms with Crippen molar-refractivity contribution in [1.82, 2.24) is 10.3 Å². The Hall–Kier alpha value is -1.85. The van der Waals surface area contributed by atoms with Gasteiger partial charge in [0.25, 0.3) is 0 Å². The van der Waals surface area contributed by atoms with E-state index in [1.807, 2.05) is 29.6 Å². The molecule has 1 aromatic heterocycles. The average molecular weight is 276 g/mol. The Balaban J connectivity index is 1.79. The monoisotopic (exact) mass is 276 g/mol. The van der Waals surface area contributed by atoms with Gasteiger partial charge in [-0.05, 0) is 17.7 Å². The van der Waals surface area contributed by atoms with Crippen molar-refractivity contribution in [3.8, 4) is 5.75 Å². The average Bonchev–Trinajstić information content (AvgIpc) is 2.84. The second kappa shape index (κ2) is 6.92. The highest BCUT2D eigenvalue weighted by atomic mass is 32.1. The van der Waals surface area contributed by atoms with Gasteiger partial charge in [0.2, 0.25) is 0 Å². The van der Waals surface area contributed by atoms with Crippen LogP contribution < -0.4 is 14.9 Å². The van der Waals surface area contributed by atoms with Crippen molar-refractivity contribution >= 4 is 11.3 Å². The topological polar surface area (TPSA) is 54.1 Å².